The summed E-state index contributed by atoms with van der Waals surface area (Å²) in [5.41, 5.74) is 3.40. The summed E-state index contributed by atoms with van der Waals surface area (Å²) >= 11 is 0. The molecule has 1 aliphatic carbocycles. The smallest absolute Gasteiger partial charge is 0.246 e. The summed E-state index contributed by atoms with van der Waals surface area (Å²) in [5, 5.41) is 27.8. The number of nitrogens with one attached hydrogen (secondary N) is 1. The first kappa shape index (κ1) is 33.4. The van der Waals surface area contributed by atoms with Crippen LogP contribution in [-0.4, -0.2) is 72.6 Å². The maximum atomic E-state index is 12.6. The van der Waals surface area contributed by atoms with Crippen molar-refractivity contribution in [2.75, 3.05) is 40.5 Å². The molecule has 14 nitrogen and oxygen atoms in total. The number of aryl methyl sites for hydroxylation is 1. The largest absolute Gasteiger partial charge is 0.493 e. The highest BCUT2D eigenvalue weighted by Gasteiger charge is 2.43. The highest BCUT2D eigenvalue weighted by Crippen LogP contribution is 2.57. The zero-order valence-corrected chi connectivity index (χ0v) is 28.4. The fraction of sp³-hybridized carbons (Fsp3) is 0.371. The number of nitrogens with zero attached hydrogens (tertiary/aromatic N) is 4. The van der Waals surface area contributed by atoms with Crippen LogP contribution in [0.25, 0.3) is 11.1 Å². The fourth-order valence-electron chi connectivity index (χ4n) is 6.09. The van der Waals surface area contributed by atoms with Crippen LogP contribution in [0.3, 0.4) is 0 Å². The molecule has 6 rings (SSSR count). The summed E-state index contributed by atoms with van der Waals surface area (Å²) < 4.78 is 36.4. The molecule has 0 saturated carbocycles. The molecule has 0 unspecified atom stereocenters. The molecule has 2 aliphatic rings. The van der Waals surface area contributed by atoms with Crippen LogP contribution < -0.4 is 33.7 Å². The number of aromatic nitrogens is 3. The number of rotatable bonds is 10. The van der Waals surface area contributed by atoms with Crippen molar-refractivity contribution in [1.82, 2.24) is 15.0 Å². The van der Waals surface area contributed by atoms with E-state index in [0.717, 1.165) is 11.1 Å². The zero-order valence-electron chi connectivity index (χ0n) is 28.4. The molecule has 0 radical (unpaired) electrons. The average molecular weight is 674 g/mol. The lowest BCUT2D eigenvalue weighted by atomic mass is 9.73. The van der Waals surface area contributed by atoms with E-state index in [9.17, 15) is 9.90 Å². The van der Waals surface area contributed by atoms with E-state index in [4.69, 9.17) is 33.3 Å². The predicted molar refractivity (Wildman–Crippen MR) is 179 cm³/mol. The number of fused-ring (bicyclic) bond motifs is 4. The number of methoxy groups -OCH3 is 4. The van der Waals surface area contributed by atoms with Crippen LogP contribution in [0.1, 0.15) is 36.2 Å². The Morgan fingerprint density at radius 3 is 2.47 bits per heavy atom. The van der Waals surface area contributed by atoms with Gasteiger partial charge in [-0.2, -0.15) is 0 Å². The summed E-state index contributed by atoms with van der Waals surface area (Å²) in [4.78, 5) is 18.5. The van der Waals surface area contributed by atoms with Gasteiger partial charge in [0, 0.05) is 22.4 Å². The second-order valence-electron chi connectivity index (χ2n) is 12.0. The Bertz CT molecular complexity index is 1900. The van der Waals surface area contributed by atoms with Crippen LogP contribution in [0, 0.1) is 12.8 Å². The monoisotopic (exact) mass is 673 g/mol. The summed E-state index contributed by atoms with van der Waals surface area (Å²) in [6.07, 6.45) is 2.01. The lowest BCUT2D eigenvalue weighted by Crippen LogP contribution is -2.44. The van der Waals surface area contributed by atoms with Crippen molar-refractivity contribution in [1.29, 1.82) is 0 Å². The number of carbonyl (C=O) groups excluding carboxylic acids is 1. The molecular weight excluding hydrogens is 634 g/mol. The second kappa shape index (κ2) is 13.5. The van der Waals surface area contributed by atoms with Crippen LogP contribution >= 0.6 is 0 Å². The van der Waals surface area contributed by atoms with Crippen molar-refractivity contribution in [3.8, 4) is 45.6 Å². The van der Waals surface area contributed by atoms with Gasteiger partial charge in [-0.3, -0.25) is 4.79 Å². The first-order valence-corrected chi connectivity index (χ1v) is 15.6. The molecule has 0 saturated heterocycles. The van der Waals surface area contributed by atoms with Gasteiger partial charge in [0.1, 0.15) is 23.6 Å². The normalized spacial score (nSPS) is 18.5. The number of hydrogen-bond donors (Lipinski definition) is 2. The van der Waals surface area contributed by atoms with Crippen molar-refractivity contribution in [2.45, 2.75) is 45.9 Å². The quantitative estimate of drug-likeness (QED) is 0.228. The number of ether oxygens (including phenoxy) is 6. The van der Waals surface area contributed by atoms with E-state index in [2.05, 4.69) is 20.8 Å². The minimum absolute atomic E-state index is 0.0420. The first-order chi connectivity index (χ1) is 23.6. The third kappa shape index (κ3) is 6.26. The molecule has 258 valence electrons. The van der Waals surface area contributed by atoms with Crippen LogP contribution in [0.2, 0.25) is 0 Å². The van der Waals surface area contributed by atoms with E-state index >= 15 is 0 Å². The van der Waals surface area contributed by atoms with Gasteiger partial charge in [-0.05, 0) is 56.0 Å². The molecule has 0 fully saturated rings. The fourth-order valence-corrected chi connectivity index (χ4v) is 6.09. The second-order valence-corrected chi connectivity index (χ2v) is 12.0. The number of benzene rings is 3. The van der Waals surface area contributed by atoms with Crippen LogP contribution in [-0.2, 0) is 29.2 Å². The van der Waals surface area contributed by atoms with Crippen LogP contribution in [0.15, 0.2) is 47.8 Å². The molecule has 1 amide bonds. The predicted octanol–water partition coefficient (Wildman–Crippen LogP) is 4.52. The number of aliphatic hydroxyl groups is 1. The maximum Gasteiger partial charge on any atom is 0.246 e. The van der Waals surface area contributed by atoms with E-state index < -0.39 is 5.60 Å². The zero-order chi connectivity index (χ0) is 34.9. The van der Waals surface area contributed by atoms with Gasteiger partial charge < -0.3 is 43.7 Å². The minimum atomic E-state index is -1.52. The number of oxime groups is 1. The molecule has 0 spiro atoms. The Morgan fingerprint density at radius 1 is 1.04 bits per heavy atom. The summed E-state index contributed by atoms with van der Waals surface area (Å²) in [6, 6.07) is 11.1. The Balaban J connectivity index is 1.38. The van der Waals surface area contributed by atoms with E-state index in [-0.39, 0.29) is 37.5 Å². The Hall–Kier alpha value is -5.50. The molecule has 3 aromatic carbocycles. The summed E-state index contributed by atoms with van der Waals surface area (Å²) in [7, 11) is 6.11. The van der Waals surface area contributed by atoms with E-state index in [1.54, 1.807) is 26.3 Å². The SMILES string of the molecule is COc1cc2c(c(OC)c1OC)-c1c(cc3c(c1OC)OCO3)C[C@H](C)[C@@](C)(O)/C2=N/OCc1cn(CC(=O)Nc2ccc(C)cc2)nn1. The van der Waals surface area contributed by atoms with Crippen molar-refractivity contribution in [2.24, 2.45) is 11.1 Å². The maximum absolute atomic E-state index is 12.6. The van der Waals surface area contributed by atoms with E-state index in [1.165, 1.54) is 26.0 Å². The Labute approximate surface area is 283 Å². The van der Waals surface area contributed by atoms with Gasteiger partial charge in [0.15, 0.2) is 29.6 Å². The van der Waals surface area contributed by atoms with Crippen molar-refractivity contribution in [3.63, 3.8) is 0 Å². The van der Waals surface area contributed by atoms with Crippen molar-refractivity contribution in [3.05, 3.63) is 65.0 Å². The van der Waals surface area contributed by atoms with Crippen molar-refractivity contribution < 1.29 is 43.2 Å². The number of anilines is 1. The molecule has 0 bridgehead atoms. The lowest BCUT2D eigenvalue weighted by molar-refractivity contribution is -0.116. The number of hydrogen-bond acceptors (Lipinski definition) is 12. The van der Waals surface area contributed by atoms with Gasteiger partial charge in [-0.1, -0.05) is 35.0 Å². The first-order valence-electron chi connectivity index (χ1n) is 15.6. The molecule has 2 atom stereocenters. The van der Waals surface area contributed by atoms with Crippen LogP contribution in [0.5, 0.6) is 34.5 Å². The third-order valence-corrected chi connectivity index (χ3v) is 8.80. The Morgan fingerprint density at radius 2 is 1.78 bits per heavy atom. The molecule has 2 N–H and O–H groups in total. The molecule has 1 aliphatic heterocycles. The summed E-state index contributed by atoms with van der Waals surface area (Å²) in [6.45, 7) is 5.49. The molecule has 49 heavy (non-hydrogen) atoms. The molecular formula is C35H39N5O9. The van der Waals surface area contributed by atoms with Crippen molar-refractivity contribution >= 4 is 17.3 Å². The van der Waals surface area contributed by atoms with Gasteiger partial charge in [0.05, 0.1) is 34.6 Å². The molecule has 1 aromatic heterocycles. The molecule has 14 heteroatoms. The standard InChI is InChI=1S/C35H39N5O9/c1-19-8-10-22(11-9-19)36-27(41)16-40-15-23(37-39-40)17-49-38-34-24-14-25(43-4)30(44-5)33(46-7)29(24)28-21(12-20(2)35(34,3)42)13-26-31(32(28)45-6)48-18-47-26/h8-11,13-15,20,42H,12,16-18H2,1-7H3,(H,36,41)/b38-34+/t20-,35+/m0/s1. The van der Waals surface area contributed by atoms with Gasteiger partial charge in [0.2, 0.25) is 24.2 Å². The van der Waals surface area contributed by atoms with Gasteiger partial charge in [-0.25, -0.2) is 4.68 Å². The van der Waals surface area contributed by atoms with Gasteiger partial charge in [-0.15, -0.1) is 5.10 Å². The Kier molecular flexibility index (Phi) is 9.24. The van der Waals surface area contributed by atoms with E-state index in [0.29, 0.717) is 69.0 Å². The lowest BCUT2D eigenvalue weighted by Gasteiger charge is -2.36. The topological polar surface area (TPSA) is 157 Å². The highest BCUT2D eigenvalue weighted by molar-refractivity contribution is 6.13. The average Bonchev–Trinajstić information content (AvgIpc) is 3.75. The number of amides is 1. The molecule has 2 heterocycles. The van der Waals surface area contributed by atoms with E-state index in [1.807, 2.05) is 44.2 Å². The van der Waals surface area contributed by atoms with Gasteiger partial charge in [0.25, 0.3) is 0 Å². The minimum Gasteiger partial charge on any atom is -0.493 e. The van der Waals surface area contributed by atoms with Crippen LogP contribution in [0.4, 0.5) is 5.69 Å². The highest BCUT2D eigenvalue weighted by atomic mass is 16.7. The third-order valence-electron chi connectivity index (χ3n) is 8.80. The summed E-state index contributed by atoms with van der Waals surface area (Å²) in [5.74, 6) is 1.83. The molecule has 4 aromatic rings. The number of carbonyl (C=O) groups is 1. The van der Waals surface area contributed by atoms with Gasteiger partial charge >= 0.3 is 0 Å².